The molecule has 1 fully saturated rings. The molecule has 1 N–H and O–H groups in total. The van der Waals surface area contributed by atoms with Crippen molar-refractivity contribution in [2.75, 3.05) is 6.54 Å². The molecule has 1 aliphatic rings. The van der Waals surface area contributed by atoms with E-state index >= 15 is 0 Å². The fraction of sp³-hybridized carbons (Fsp3) is 1.00. The van der Waals surface area contributed by atoms with Gasteiger partial charge in [0.1, 0.15) is 0 Å². The number of nitrogens with one attached hydrogen (secondary N) is 1. The summed E-state index contributed by atoms with van der Waals surface area (Å²) in [6.45, 7) is 9.91. The number of hydrogen-bond donors (Lipinski definition) is 1. The molecule has 4 atom stereocenters. The van der Waals surface area contributed by atoms with E-state index in [1.165, 1.54) is 25.7 Å². The van der Waals surface area contributed by atoms with Crippen molar-refractivity contribution in [3.8, 4) is 0 Å². The Morgan fingerprint density at radius 1 is 1.33 bits per heavy atom. The van der Waals surface area contributed by atoms with Crippen LogP contribution >= 0.6 is 0 Å². The first-order valence-electron chi connectivity index (χ1n) is 6.52. The first-order chi connectivity index (χ1) is 7.13. The molecule has 0 amide bonds. The normalized spacial score (nSPS) is 31.2. The second-order valence-electron chi connectivity index (χ2n) is 5.08. The van der Waals surface area contributed by atoms with E-state index in [4.69, 9.17) is 4.74 Å². The molecule has 0 aromatic rings. The average molecular weight is 213 g/mol. The van der Waals surface area contributed by atoms with Crippen molar-refractivity contribution in [2.45, 2.75) is 71.6 Å². The molecular formula is C13H27NO. The van der Waals surface area contributed by atoms with E-state index < -0.39 is 0 Å². The largest absolute Gasteiger partial charge is 0.374 e. The first-order valence-corrected chi connectivity index (χ1v) is 6.52. The highest BCUT2D eigenvalue weighted by Gasteiger charge is 2.22. The van der Waals surface area contributed by atoms with Crippen LogP contribution in [0.1, 0.15) is 53.4 Å². The van der Waals surface area contributed by atoms with Crippen LogP contribution in [0.4, 0.5) is 0 Å². The van der Waals surface area contributed by atoms with Crippen LogP contribution in [0.5, 0.6) is 0 Å². The molecule has 2 heteroatoms. The van der Waals surface area contributed by atoms with E-state index in [2.05, 4.69) is 33.0 Å². The molecule has 0 aromatic heterocycles. The molecule has 0 spiro atoms. The Bertz CT molecular complexity index is 172. The predicted molar refractivity (Wildman–Crippen MR) is 65.1 cm³/mol. The molecule has 0 radical (unpaired) electrons. The number of hydrogen-bond acceptors (Lipinski definition) is 2. The summed E-state index contributed by atoms with van der Waals surface area (Å²) in [5.41, 5.74) is 0. The maximum absolute atomic E-state index is 6.11. The molecule has 1 aliphatic carbocycles. The lowest BCUT2D eigenvalue weighted by Crippen LogP contribution is -2.39. The van der Waals surface area contributed by atoms with E-state index in [0.717, 1.165) is 12.5 Å². The zero-order chi connectivity index (χ0) is 11.3. The highest BCUT2D eigenvalue weighted by Crippen LogP contribution is 2.26. The molecule has 0 aromatic carbocycles. The number of ether oxygens (including phenoxy) is 1. The van der Waals surface area contributed by atoms with Gasteiger partial charge in [-0.15, -0.1) is 0 Å². The Kier molecular flexibility index (Phi) is 5.62. The van der Waals surface area contributed by atoms with Gasteiger partial charge in [-0.25, -0.2) is 0 Å². The van der Waals surface area contributed by atoms with Crippen LogP contribution in [0, 0.1) is 5.92 Å². The first kappa shape index (κ1) is 13.0. The van der Waals surface area contributed by atoms with Gasteiger partial charge in [-0.05, 0) is 39.2 Å². The van der Waals surface area contributed by atoms with Crippen LogP contribution in [0.15, 0.2) is 0 Å². The smallest absolute Gasteiger partial charge is 0.0700 e. The van der Waals surface area contributed by atoms with Gasteiger partial charge in [-0.3, -0.25) is 0 Å². The fourth-order valence-electron chi connectivity index (χ4n) is 2.41. The molecule has 1 saturated carbocycles. The molecule has 0 saturated heterocycles. The third-order valence-corrected chi connectivity index (χ3v) is 3.53. The monoisotopic (exact) mass is 213 g/mol. The molecular weight excluding hydrogens is 186 g/mol. The summed E-state index contributed by atoms with van der Waals surface area (Å²) in [5.74, 6) is 0.852. The summed E-state index contributed by atoms with van der Waals surface area (Å²) in [7, 11) is 0. The summed E-state index contributed by atoms with van der Waals surface area (Å²) < 4.78 is 6.11. The van der Waals surface area contributed by atoms with Crippen molar-refractivity contribution >= 4 is 0 Å². The van der Waals surface area contributed by atoms with Crippen molar-refractivity contribution < 1.29 is 4.74 Å². The lowest BCUT2D eigenvalue weighted by atomic mass is 9.88. The Morgan fingerprint density at radius 2 is 2.07 bits per heavy atom. The van der Waals surface area contributed by atoms with E-state index in [0.29, 0.717) is 18.2 Å². The fourth-order valence-corrected chi connectivity index (χ4v) is 2.41. The minimum Gasteiger partial charge on any atom is -0.374 e. The minimum absolute atomic E-state index is 0.334. The Hall–Kier alpha value is -0.0800. The van der Waals surface area contributed by atoms with Gasteiger partial charge in [-0.2, -0.15) is 0 Å². The summed E-state index contributed by atoms with van der Waals surface area (Å²) in [6.07, 6.45) is 6.08. The van der Waals surface area contributed by atoms with E-state index in [-0.39, 0.29) is 0 Å². The van der Waals surface area contributed by atoms with Gasteiger partial charge in [0.25, 0.3) is 0 Å². The van der Waals surface area contributed by atoms with Crippen molar-refractivity contribution in [1.29, 1.82) is 0 Å². The van der Waals surface area contributed by atoms with Gasteiger partial charge >= 0.3 is 0 Å². The SMILES string of the molecule is CCNC(C)C(C)OC1CCCC(C)C1. The molecule has 4 unspecified atom stereocenters. The maximum Gasteiger partial charge on any atom is 0.0700 e. The summed E-state index contributed by atoms with van der Waals surface area (Å²) in [6, 6.07) is 0.465. The highest BCUT2D eigenvalue weighted by atomic mass is 16.5. The van der Waals surface area contributed by atoms with Crippen LogP contribution < -0.4 is 5.32 Å². The van der Waals surface area contributed by atoms with E-state index in [1.54, 1.807) is 0 Å². The lowest BCUT2D eigenvalue weighted by Gasteiger charge is -2.31. The van der Waals surface area contributed by atoms with Gasteiger partial charge in [0.05, 0.1) is 12.2 Å². The molecule has 90 valence electrons. The Morgan fingerprint density at radius 3 is 2.67 bits per heavy atom. The van der Waals surface area contributed by atoms with Crippen molar-refractivity contribution in [3.63, 3.8) is 0 Å². The minimum atomic E-state index is 0.334. The molecule has 2 nitrogen and oxygen atoms in total. The second kappa shape index (κ2) is 6.49. The standard InChI is InChI=1S/C13H27NO/c1-5-14-11(3)12(4)15-13-8-6-7-10(2)9-13/h10-14H,5-9H2,1-4H3. The third kappa shape index (κ3) is 4.52. The topological polar surface area (TPSA) is 21.3 Å². The number of likely N-dealkylation sites (N-methyl/N-ethyl adjacent to an activating group) is 1. The van der Waals surface area contributed by atoms with Gasteiger partial charge in [0.15, 0.2) is 0 Å². The zero-order valence-electron chi connectivity index (χ0n) is 10.8. The van der Waals surface area contributed by atoms with Gasteiger partial charge < -0.3 is 10.1 Å². The summed E-state index contributed by atoms with van der Waals surface area (Å²) >= 11 is 0. The molecule has 15 heavy (non-hydrogen) atoms. The second-order valence-corrected chi connectivity index (χ2v) is 5.08. The van der Waals surface area contributed by atoms with Crippen molar-refractivity contribution in [2.24, 2.45) is 5.92 Å². The average Bonchev–Trinajstić information content (AvgIpc) is 2.18. The number of rotatable bonds is 5. The zero-order valence-corrected chi connectivity index (χ0v) is 10.8. The van der Waals surface area contributed by atoms with Crippen molar-refractivity contribution in [3.05, 3.63) is 0 Å². The van der Waals surface area contributed by atoms with Crippen LogP contribution in [-0.4, -0.2) is 24.8 Å². The molecule has 0 heterocycles. The maximum atomic E-state index is 6.11. The van der Waals surface area contributed by atoms with E-state index in [1.807, 2.05) is 0 Å². The molecule has 1 rings (SSSR count). The third-order valence-electron chi connectivity index (χ3n) is 3.53. The van der Waals surface area contributed by atoms with Gasteiger partial charge in [0.2, 0.25) is 0 Å². The summed E-state index contributed by atoms with van der Waals surface area (Å²) in [4.78, 5) is 0. The molecule has 0 aliphatic heterocycles. The van der Waals surface area contributed by atoms with Crippen LogP contribution in [-0.2, 0) is 4.74 Å². The van der Waals surface area contributed by atoms with Gasteiger partial charge in [-0.1, -0.05) is 26.7 Å². The van der Waals surface area contributed by atoms with E-state index in [9.17, 15) is 0 Å². The molecule has 0 bridgehead atoms. The Balaban J connectivity index is 2.26. The van der Waals surface area contributed by atoms with Crippen molar-refractivity contribution in [1.82, 2.24) is 5.32 Å². The van der Waals surface area contributed by atoms with Crippen LogP contribution in [0.3, 0.4) is 0 Å². The highest BCUT2D eigenvalue weighted by molar-refractivity contribution is 4.74. The predicted octanol–water partition coefficient (Wildman–Crippen LogP) is 2.97. The van der Waals surface area contributed by atoms with Crippen LogP contribution in [0.25, 0.3) is 0 Å². The van der Waals surface area contributed by atoms with Crippen LogP contribution in [0.2, 0.25) is 0 Å². The summed E-state index contributed by atoms with van der Waals surface area (Å²) in [5, 5.41) is 3.42. The lowest BCUT2D eigenvalue weighted by molar-refractivity contribution is -0.0429. The van der Waals surface area contributed by atoms with Gasteiger partial charge in [0, 0.05) is 6.04 Å². The quantitative estimate of drug-likeness (QED) is 0.758. The Labute approximate surface area is 94.8 Å².